The average molecular weight is 118 g/mol. The SMILES string of the molecule is CC(C)C=O.CCO. The Morgan fingerprint density at radius 1 is 1.62 bits per heavy atom. The maximum absolute atomic E-state index is 9.50. The average Bonchev–Trinajstić information content (AvgIpc) is 1.69. The molecule has 0 aliphatic rings. The van der Waals surface area contributed by atoms with Crippen molar-refractivity contribution in [1.82, 2.24) is 0 Å². The van der Waals surface area contributed by atoms with E-state index in [1.165, 1.54) is 0 Å². The molecule has 8 heavy (non-hydrogen) atoms. The second-order valence-corrected chi connectivity index (χ2v) is 1.70. The molecule has 0 aliphatic heterocycles. The van der Waals surface area contributed by atoms with Crippen molar-refractivity contribution in [2.45, 2.75) is 20.8 Å². The number of aldehydes is 1. The Hall–Kier alpha value is -0.370. The van der Waals surface area contributed by atoms with Crippen molar-refractivity contribution in [1.29, 1.82) is 0 Å². The molecule has 0 bridgehead atoms. The Morgan fingerprint density at radius 2 is 1.75 bits per heavy atom. The van der Waals surface area contributed by atoms with Crippen molar-refractivity contribution in [2.75, 3.05) is 6.61 Å². The van der Waals surface area contributed by atoms with Gasteiger partial charge in [0.1, 0.15) is 6.29 Å². The lowest BCUT2D eigenvalue weighted by Crippen LogP contribution is -1.82. The van der Waals surface area contributed by atoms with E-state index in [1.807, 2.05) is 13.8 Å². The molecule has 2 nitrogen and oxygen atoms in total. The Labute approximate surface area is 50.5 Å². The molecule has 0 radical (unpaired) electrons. The van der Waals surface area contributed by atoms with Gasteiger partial charge in [0.2, 0.25) is 0 Å². The van der Waals surface area contributed by atoms with E-state index in [2.05, 4.69) is 0 Å². The first kappa shape index (κ1) is 10.6. The number of hydrogen-bond acceptors (Lipinski definition) is 2. The first-order chi connectivity index (χ1) is 3.68. The van der Waals surface area contributed by atoms with Crippen LogP contribution in [0, 0.1) is 5.92 Å². The van der Waals surface area contributed by atoms with Crippen LogP contribution in [0.15, 0.2) is 0 Å². The Morgan fingerprint density at radius 3 is 1.75 bits per heavy atom. The van der Waals surface area contributed by atoms with Gasteiger partial charge in [0, 0.05) is 12.5 Å². The van der Waals surface area contributed by atoms with Gasteiger partial charge in [-0.1, -0.05) is 13.8 Å². The molecule has 0 amide bonds. The predicted octanol–water partition coefficient (Wildman–Crippen LogP) is 0.840. The van der Waals surface area contributed by atoms with Gasteiger partial charge in [0.05, 0.1) is 0 Å². The zero-order chi connectivity index (χ0) is 6.99. The van der Waals surface area contributed by atoms with Crippen molar-refractivity contribution < 1.29 is 9.90 Å². The van der Waals surface area contributed by atoms with E-state index in [0.29, 0.717) is 0 Å². The highest BCUT2D eigenvalue weighted by atomic mass is 16.2. The lowest BCUT2D eigenvalue weighted by atomic mass is 10.3. The van der Waals surface area contributed by atoms with Crippen molar-refractivity contribution >= 4 is 6.29 Å². The maximum atomic E-state index is 9.50. The highest BCUT2D eigenvalue weighted by Gasteiger charge is 1.79. The van der Waals surface area contributed by atoms with Crippen molar-refractivity contribution in [2.24, 2.45) is 5.92 Å². The molecule has 0 rings (SSSR count). The maximum Gasteiger partial charge on any atom is 0.122 e. The van der Waals surface area contributed by atoms with Gasteiger partial charge in [0.15, 0.2) is 0 Å². The fourth-order valence-corrected chi connectivity index (χ4v) is 0. The largest absolute Gasteiger partial charge is 0.397 e. The lowest BCUT2D eigenvalue weighted by Gasteiger charge is -1.78. The van der Waals surface area contributed by atoms with E-state index in [1.54, 1.807) is 6.92 Å². The molecule has 50 valence electrons. The minimum Gasteiger partial charge on any atom is -0.397 e. The third-order valence-corrected chi connectivity index (χ3v) is 0.272. The molecule has 0 spiro atoms. The molecule has 0 fully saturated rings. The van der Waals surface area contributed by atoms with Gasteiger partial charge in [0.25, 0.3) is 0 Å². The molecule has 1 N–H and O–H groups in total. The van der Waals surface area contributed by atoms with Crippen LogP contribution in [-0.4, -0.2) is 18.0 Å². The second kappa shape index (κ2) is 9.80. The van der Waals surface area contributed by atoms with Crippen molar-refractivity contribution in [3.05, 3.63) is 0 Å². The molecule has 0 heterocycles. The van der Waals surface area contributed by atoms with Crippen LogP contribution in [-0.2, 0) is 4.79 Å². The van der Waals surface area contributed by atoms with E-state index in [-0.39, 0.29) is 12.5 Å². The summed E-state index contributed by atoms with van der Waals surface area (Å²) in [6.07, 6.45) is 0.917. The van der Waals surface area contributed by atoms with Crippen LogP contribution in [0.5, 0.6) is 0 Å². The third kappa shape index (κ3) is 45.4. The summed E-state index contributed by atoms with van der Waals surface area (Å²) in [6.45, 7) is 5.64. The van der Waals surface area contributed by atoms with Gasteiger partial charge in [-0.05, 0) is 6.92 Å². The molecule has 0 saturated carbocycles. The summed E-state index contributed by atoms with van der Waals surface area (Å²) in [7, 11) is 0. The Balaban J connectivity index is 0. The van der Waals surface area contributed by atoms with Crippen LogP contribution in [0.2, 0.25) is 0 Å². The lowest BCUT2D eigenvalue weighted by molar-refractivity contribution is -0.110. The molecule has 0 aliphatic carbocycles. The normalized spacial score (nSPS) is 7.62. The topological polar surface area (TPSA) is 37.3 Å². The predicted molar refractivity (Wildman–Crippen MR) is 33.7 cm³/mol. The van der Waals surface area contributed by atoms with Gasteiger partial charge < -0.3 is 9.90 Å². The summed E-state index contributed by atoms with van der Waals surface area (Å²) < 4.78 is 0. The van der Waals surface area contributed by atoms with Gasteiger partial charge >= 0.3 is 0 Å². The first-order valence-corrected chi connectivity index (χ1v) is 2.75. The molecule has 2 heteroatoms. The first-order valence-electron chi connectivity index (χ1n) is 2.75. The summed E-state index contributed by atoms with van der Waals surface area (Å²) in [4.78, 5) is 9.50. The van der Waals surface area contributed by atoms with Crippen LogP contribution >= 0.6 is 0 Å². The van der Waals surface area contributed by atoms with Crippen LogP contribution in [0.25, 0.3) is 0 Å². The van der Waals surface area contributed by atoms with Gasteiger partial charge in [-0.3, -0.25) is 0 Å². The number of rotatable bonds is 1. The molecular weight excluding hydrogens is 104 g/mol. The van der Waals surface area contributed by atoms with E-state index >= 15 is 0 Å². The van der Waals surface area contributed by atoms with E-state index < -0.39 is 0 Å². The fourth-order valence-electron chi connectivity index (χ4n) is 0. The minimum atomic E-state index is 0.204. The zero-order valence-electron chi connectivity index (χ0n) is 5.72. The molecular formula is C6H14O2. The molecule has 0 aromatic rings. The Kier molecular flexibility index (Phi) is 13.0. The van der Waals surface area contributed by atoms with Crippen molar-refractivity contribution in [3.8, 4) is 0 Å². The summed E-state index contributed by atoms with van der Waals surface area (Å²) in [6, 6.07) is 0. The number of aliphatic hydroxyl groups excluding tert-OH is 1. The van der Waals surface area contributed by atoms with E-state index in [9.17, 15) is 4.79 Å². The minimum absolute atomic E-state index is 0.204. The summed E-state index contributed by atoms with van der Waals surface area (Å²) >= 11 is 0. The third-order valence-electron chi connectivity index (χ3n) is 0.272. The summed E-state index contributed by atoms with van der Waals surface area (Å²) in [5.74, 6) is 0.204. The molecule has 0 aromatic heterocycles. The Bertz CT molecular complexity index is 41.8. The second-order valence-electron chi connectivity index (χ2n) is 1.70. The summed E-state index contributed by atoms with van der Waals surface area (Å²) in [5.41, 5.74) is 0. The van der Waals surface area contributed by atoms with Gasteiger partial charge in [-0.25, -0.2) is 0 Å². The number of aliphatic hydroxyl groups is 1. The van der Waals surface area contributed by atoms with Gasteiger partial charge in [-0.15, -0.1) is 0 Å². The van der Waals surface area contributed by atoms with Crippen LogP contribution in [0.4, 0.5) is 0 Å². The van der Waals surface area contributed by atoms with Crippen molar-refractivity contribution in [3.63, 3.8) is 0 Å². The number of carbonyl (C=O) groups excluding carboxylic acids is 1. The quantitative estimate of drug-likeness (QED) is 0.518. The number of carbonyl (C=O) groups is 1. The molecule has 0 saturated heterocycles. The monoisotopic (exact) mass is 118 g/mol. The smallest absolute Gasteiger partial charge is 0.122 e. The van der Waals surface area contributed by atoms with Crippen LogP contribution < -0.4 is 0 Å². The summed E-state index contributed by atoms with van der Waals surface area (Å²) in [5, 5.41) is 7.57. The number of hydrogen-bond donors (Lipinski definition) is 1. The molecule has 0 unspecified atom stereocenters. The van der Waals surface area contributed by atoms with E-state index in [0.717, 1.165) is 6.29 Å². The zero-order valence-corrected chi connectivity index (χ0v) is 5.72. The standard InChI is InChI=1S/C4H8O.C2H6O/c1-4(2)3-5;1-2-3/h3-4H,1-2H3;3H,2H2,1H3. The molecule has 0 aromatic carbocycles. The van der Waals surface area contributed by atoms with E-state index in [4.69, 9.17) is 5.11 Å². The van der Waals surface area contributed by atoms with Gasteiger partial charge in [-0.2, -0.15) is 0 Å². The van der Waals surface area contributed by atoms with Crippen LogP contribution in [0.3, 0.4) is 0 Å². The molecule has 0 atom stereocenters. The highest BCUT2D eigenvalue weighted by molar-refractivity contribution is 5.51. The van der Waals surface area contributed by atoms with Crippen LogP contribution in [0.1, 0.15) is 20.8 Å². The highest BCUT2D eigenvalue weighted by Crippen LogP contribution is 1.78. The fraction of sp³-hybridized carbons (Fsp3) is 0.833.